The van der Waals surface area contributed by atoms with E-state index in [0.29, 0.717) is 45.8 Å². The molecule has 2 fully saturated rings. The number of hydrogen-bond acceptors (Lipinski definition) is 5. The van der Waals surface area contributed by atoms with Crippen molar-refractivity contribution in [3.8, 4) is 0 Å². The lowest BCUT2D eigenvalue weighted by atomic mass is 10.1. The molecule has 2 atom stereocenters. The summed E-state index contributed by atoms with van der Waals surface area (Å²) in [6.45, 7) is 4.10. The standard InChI is InChI=1S/C26H34N4O4/c31-24(21-5-2-1-3-6-21)19-27-13-12-20-8-10-22(11-9-20)28-25(32)23-7-4-14-30(23)26(33)29-15-17-34-18-16-29/h1-3,5-6,8-11,23-24,27,31H,4,7,12-19H2,(H,28,32). The zero-order valence-electron chi connectivity index (χ0n) is 19.5. The predicted molar refractivity (Wildman–Crippen MR) is 131 cm³/mol. The first kappa shape index (κ1) is 24.2. The van der Waals surface area contributed by atoms with Gasteiger partial charge in [-0.1, -0.05) is 42.5 Å². The number of carbonyl (C=O) groups is 2. The average Bonchev–Trinajstić information content (AvgIpc) is 3.38. The van der Waals surface area contributed by atoms with E-state index in [1.165, 1.54) is 0 Å². The number of ether oxygens (including phenoxy) is 1. The molecule has 2 unspecified atom stereocenters. The number of benzene rings is 2. The molecule has 8 nitrogen and oxygen atoms in total. The van der Waals surface area contributed by atoms with Gasteiger partial charge in [-0.15, -0.1) is 0 Å². The lowest BCUT2D eigenvalue weighted by molar-refractivity contribution is -0.119. The first-order valence-corrected chi connectivity index (χ1v) is 12.1. The molecule has 0 radical (unpaired) electrons. The Morgan fingerprint density at radius 2 is 1.76 bits per heavy atom. The maximum absolute atomic E-state index is 12.9. The first-order valence-electron chi connectivity index (χ1n) is 12.1. The molecule has 4 rings (SSSR count). The van der Waals surface area contributed by atoms with Crippen LogP contribution in [0.2, 0.25) is 0 Å². The van der Waals surface area contributed by atoms with Crippen molar-refractivity contribution in [2.75, 3.05) is 51.3 Å². The molecule has 2 heterocycles. The Morgan fingerprint density at radius 3 is 2.50 bits per heavy atom. The molecular weight excluding hydrogens is 432 g/mol. The second-order valence-corrected chi connectivity index (χ2v) is 8.80. The molecule has 0 spiro atoms. The minimum absolute atomic E-state index is 0.0684. The van der Waals surface area contributed by atoms with Gasteiger partial charge in [-0.3, -0.25) is 4.79 Å². The van der Waals surface area contributed by atoms with Crippen molar-refractivity contribution < 1.29 is 19.4 Å². The zero-order valence-corrected chi connectivity index (χ0v) is 19.5. The Balaban J connectivity index is 1.22. The normalized spacial score (nSPS) is 19.1. The van der Waals surface area contributed by atoms with Crippen molar-refractivity contribution in [2.45, 2.75) is 31.4 Å². The van der Waals surface area contributed by atoms with Crippen LogP contribution in [0.15, 0.2) is 54.6 Å². The zero-order chi connectivity index (χ0) is 23.8. The highest BCUT2D eigenvalue weighted by Gasteiger charge is 2.36. The third-order valence-corrected chi connectivity index (χ3v) is 6.42. The van der Waals surface area contributed by atoms with Crippen LogP contribution < -0.4 is 10.6 Å². The Hall–Kier alpha value is -2.94. The minimum Gasteiger partial charge on any atom is -0.387 e. The van der Waals surface area contributed by atoms with Crippen LogP contribution in [-0.4, -0.2) is 78.8 Å². The van der Waals surface area contributed by atoms with Gasteiger partial charge in [0, 0.05) is 31.9 Å². The van der Waals surface area contributed by atoms with Gasteiger partial charge < -0.3 is 30.3 Å². The number of likely N-dealkylation sites (tertiary alicyclic amines) is 1. The average molecular weight is 467 g/mol. The molecule has 2 aliphatic rings. The van der Waals surface area contributed by atoms with Crippen LogP contribution >= 0.6 is 0 Å². The van der Waals surface area contributed by atoms with Gasteiger partial charge in [-0.25, -0.2) is 4.79 Å². The molecule has 182 valence electrons. The van der Waals surface area contributed by atoms with Crippen molar-refractivity contribution >= 4 is 17.6 Å². The van der Waals surface area contributed by atoms with E-state index < -0.39 is 12.1 Å². The topological polar surface area (TPSA) is 94.1 Å². The maximum atomic E-state index is 12.9. The van der Waals surface area contributed by atoms with Gasteiger partial charge in [0.15, 0.2) is 0 Å². The first-order chi connectivity index (χ1) is 16.6. The molecule has 2 aromatic rings. The Morgan fingerprint density at radius 1 is 1.03 bits per heavy atom. The summed E-state index contributed by atoms with van der Waals surface area (Å²) in [7, 11) is 0. The van der Waals surface area contributed by atoms with Gasteiger partial charge in [-0.2, -0.15) is 0 Å². The van der Waals surface area contributed by atoms with Crippen LogP contribution in [0.5, 0.6) is 0 Å². The minimum atomic E-state index is -0.524. The second kappa shape index (κ2) is 12.0. The monoisotopic (exact) mass is 466 g/mol. The highest BCUT2D eigenvalue weighted by molar-refractivity contribution is 5.97. The number of nitrogens with one attached hydrogen (secondary N) is 2. The van der Waals surface area contributed by atoms with Gasteiger partial charge in [0.1, 0.15) is 6.04 Å². The van der Waals surface area contributed by atoms with E-state index in [1.54, 1.807) is 9.80 Å². The fraction of sp³-hybridized carbons (Fsp3) is 0.462. The summed E-state index contributed by atoms with van der Waals surface area (Å²) in [5, 5.41) is 16.5. The lowest BCUT2D eigenvalue weighted by Crippen LogP contribution is -2.52. The summed E-state index contributed by atoms with van der Waals surface area (Å²) in [6.07, 6.45) is 1.81. The maximum Gasteiger partial charge on any atom is 0.320 e. The number of hydrogen-bond donors (Lipinski definition) is 3. The van der Waals surface area contributed by atoms with Crippen molar-refractivity contribution in [2.24, 2.45) is 0 Å². The van der Waals surface area contributed by atoms with Crippen molar-refractivity contribution in [3.05, 3.63) is 65.7 Å². The van der Waals surface area contributed by atoms with E-state index in [-0.39, 0.29) is 11.9 Å². The lowest BCUT2D eigenvalue weighted by Gasteiger charge is -2.33. The highest BCUT2D eigenvalue weighted by Crippen LogP contribution is 2.22. The molecule has 0 bridgehead atoms. The molecule has 34 heavy (non-hydrogen) atoms. The summed E-state index contributed by atoms with van der Waals surface area (Å²) < 4.78 is 5.33. The molecule has 0 aromatic heterocycles. The number of urea groups is 1. The number of anilines is 1. The van der Waals surface area contributed by atoms with Crippen LogP contribution in [0.4, 0.5) is 10.5 Å². The Bertz CT molecular complexity index is 932. The summed E-state index contributed by atoms with van der Waals surface area (Å²) in [5.74, 6) is -0.136. The summed E-state index contributed by atoms with van der Waals surface area (Å²) in [5.41, 5.74) is 2.78. The van der Waals surface area contributed by atoms with E-state index in [9.17, 15) is 14.7 Å². The van der Waals surface area contributed by atoms with Crippen molar-refractivity contribution in [3.63, 3.8) is 0 Å². The number of carbonyl (C=O) groups excluding carboxylic acids is 2. The molecule has 3 amide bonds. The molecule has 0 saturated carbocycles. The Labute approximate surface area is 200 Å². The van der Waals surface area contributed by atoms with Crippen LogP contribution in [-0.2, 0) is 16.0 Å². The largest absolute Gasteiger partial charge is 0.387 e. The predicted octanol–water partition coefficient (Wildman–Crippen LogP) is 2.41. The fourth-order valence-electron chi connectivity index (χ4n) is 4.45. The van der Waals surface area contributed by atoms with Gasteiger partial charge in [0.05, 0.1) is 19.3 Å². The molecular formula is C26H34N4O4. The number of rotatable bonds is 8. The van der Waals surface area contributed by atoms with Gasteiger partial charge in [0.25, 0.3) is 0 Å². The highest BCUT2D eigenvalue weighted by atomic mass is 16.5. The molecule has 2 aromatic carbocycles. The summed E-state index contributed by atoms with van der Waals surface area (Å²) in [6, 6.07) is 16.9. The van der Waals surface area contributed by atoms with Crippen molar-refractivity contribution in [1.29, 1.82) is 0 Å². The van der Waals surface area contributed by atoms with Crippen LogP contribution in [0, 0.1) is 0 Å². The third-order valence-electron chi connectivity index (χ3n) is 6.42. The molecule has 8 heteroatoms. The molecule has 3 N–H and O–H groups in total. The van der Waals surface area contributed by atoms with E-state index in [0.717, 1.165) is 36.2 Å². The van der Waals surface area contributed by atoms with E-state index >= 15 is 0 Å². The van der Waals surface area contributed by atoms with E-state index in [2.05, 4.69) is 10.6 Å². The second-order valence-electron chi connectivity index (χ2n) is 8.80. The van der Waals surface area contributed by atoms with Gasteiger partial charge in [-0.05, 0) is 49.1 Å². The van der Waals surface area contributed by atoms with Crippen molar-refractivity contribution in [1.82, 2.24) is 15.1 Å². The number of aliphatic hydroxyl groups excluding tert-OH is 1. The smallest absolute Gasteiger partial charge is 0.320 e. The number of morpholine rings is 1. The van der Waals surface area contributed by atoms with E-state index in [1.807, 2.05) is 54.6 Å². The third kappa shape index (κ3) is 6.34. The van der Waals surface area contributed by atoms with Crippen LogP contribution in [0.3, 0.4) is 0 Å². The van der Waals surface area contributed by atoms with Crippen LogP contribution in [0.1, 0.15) is 30.1 Å². The molecule has 0 aliphatic carbocycles. The summed E-state index contributed by atoms with van der Waals surface area (Å²) in [4.78, 5) is 29.2. The van der Waals surface area contributed by atoms with Crippen LogP contribution in [0.25, 0.3) is 0 Å². The summed E-state index contributed by atoms with van der Waals surface area (Å²) >= 11 is 0. The number of aliphatic hydroxyl groups is 1. The SMILES string of the molecule is O=C(Nc1ccc(CCNCC(O)c2ccccc2)cc1)C1CCCN1C(=O)N1CCOCC1. The number of amides is 3. The Kier molecular flexibility index (Phi) is 8.51. The van der Waals surface area contributed by atoms with E-state index in [4.69, 9.17) is 4.74 Å². The molecule has 2 saturated heterocycles. The fourth-order valence-corrected chi connectivity index (χ4v) is 4.45. The number of nitrogens with zero attached hydrogens (tertiary/aromatic N) is 2. The molecule has 2 aliphatic heterocycles. The van der Waals surface area contributed by atoms with Gasteiger partial charge in [0.2, 0.25) is 5.91 Å². The quantitative estimate of drug-likeness (QED) is 0.520. The van der Waals surface area contributed by atoms with Gasteiger partial charge >= 0.3 is 6.03 Å².